The normalized spacial score (nSPS) is 16.6. The fourth-order valence-electron chi connectivity index (χ4n) is 2.51. The van der Waals surface area contributed by atoms with Crippen molar-refractivity contribution < 1.29 is 4.79 Å². The van der Waals surface area contributed by atoms with Crippen molar-refractivity contribution in [3.05, 3.63) is 28.3 Å². The molecule has 1 aromatic carbocycles. The van der Waals surface area contributed by atoms with Crippen molar-refractivity contribution in [2.75, 3.05) is 5.73 Å². The van der Waals surface area contributed by atoms with Crippen LogP contribution in [0.2, 0.25) is 5.02 Å². The van der Waals surface area contributed by atoms with Crippen LogP contribution in [0.1, 0.15) is 47.5 Å². The third-order valence-corrected chi connectivity index (χ3v) is 3.55. The molecule has 0 heterocycles. The van der Waals surface area contributed by atoms with Crippen LogP contribution in [0.4, 0.5) is 5.69 Å². The lowest BCUT2D eigenvalue weighted by Crippen LogP contribution is -2.17. The zero-order chi connectivity index (χ0) is 11.7. The number of carbonyl (C=O) groups excluding carboxylic acids is 1. The Hall–Kier alpha value is -1.22. The smallest absolute Gasteiger partial charge is 0.250 e. The molecule has 4 N–H and O–H groups in total. The van der Waals surface area contributed by atoms with Crippen molar-refractivity contribution in [1.82, 2.24) is 0 Å². The molecule has 3 nitrogen and oxygen atoms in total. The van der Waals surface area contributed by atoms with Gasteiger partial charge in [-0.2, -0.15) is 0 Å². The molecule has 86 valence electrons. The molecule has 2 rings (SSSR count). The Morgan fingerprint density at radius 1 is 1.31 bits per heavy atom. The number of anilines is 1. The highest BCUT2D eigenvalue weighted by Gasteiger charge is 2.25. The van der Waals surface area contributed by atoms with E-state index < -0.39 is 5.91 Å². The molecule has 4 heteroatoms. The summed E-state index contributed by atoms with van der Waals surface area (Å²) in [5.74, 6) is -0.152. The highest BCUT2D eigenvalue weighted by atomic mass is 35.5. The minimum absolute atomic E-state index is 0.334. The van der Waals surface area contributed by atoms with Crippen LogP contribution in [0.3, 0.4) is 0 Å². The van der Waals surface area contributed by atoms with Gasteiger partial charge < -0.3 is 11.5 Å². The second kappa shape index (κ2) is 4.34. The average Bonchev–Trinajstić information content (AvgIpc) is 2.73. The van der Waals surface area contributed by atoms with E-state index in [1.54, 1.807) is 12.1 Å². The maximum atomic E-state index is 11.4. The number of nitrogens with two attached hydrogens (primary N) is 2. The van der Waals surface area contributed by atoms with Crippen molar-refractivity contribution in [3.8, 4) is 0 Å². The summed E-state index contributed by atoms with van der Waals surface area (Å²) in [6.07, 6.45) is 4.47. The fraction of sp³-hybridized carbons (Fsp3) is 0.417. The molecule has 1 aliphatic carbocycles. The van der Waals surface area contributed by atoms with Gasteiger partial charge in [-0.1, -0.05) is 24.4 Å². The molecule has 0 bridgehead atoms. The van der Waals surface area contributed by atoms with Crippen LogP contribution >= 0.6 is 11.6 Å². The van der Waals surface area contributed by atoms with E-state index >= 15 is 0 Å². The van der Waals surface area contributed by atoms with Gasteiger partial charge in [-0.25, -0.2) is 0 Å². The van der Waals surface area contributed by atoms with Crippen molar-refractivity contribution in [2.24, 2.45) is 5.73 Å². The van der Waals surface area contributed by atoms with E-state index in [2.05, 4.69) is 0 Å². The van der Waals surface area contributed by atoms with E-state index in [1.165, 1.54) is 12.8 Å². The number of hydrogen-bond acceptors (Lipinski definition) is 2. The number of primary amides is 1. The number of benzene rings is 1. The fourth-order valence-corrected chi connectivity index (χ4v) is 2.77. The number of hydrogen-bond donors (Lipinski definition) is 2. The highest BCUT2D eigenvalue weighted by Crippen LogP contribution is 2.40. The van der Waals surface area contributed by atoms with Crippen molar-refractivity contribution in [3.63, 3.8) is 0 Å². The highest BCUT2D eigenvalue weighted by molar-refractivity contribution is 6.34. The van der Waals surface area contributed by atoms with E-state index in [0.29, 0.717) is 22.2 Å². The van der Waals surface area contributed by atoms with E-state index in [0.717, 1.165) is 18.4 Å². The predicted molar refractivity (Wildman–Crippen MR) is 65.6 cm³/mol. The summed E-state index contributed by atoms with van der Waals surface area (Å²) in [6.45, 7) is 0. The number of halogens is 1. The largest absolute Gasteiger partial charge is 0.398 e. The molecule has 0 aliphatic heterocycles. The zero-order valence-electron chi connectivity index (χ0n) is 9.00. The summed E-state index contributed by atoms with van der Waals surface area (Å²) in [4.78, 5) is 11.4. The number of nitrogen functional groups attached to an aromatic ring is 1. The van der Waals surface area contributed by atoms with Crippen LogP contribution in [0.25, 0.3) is 0 Å². The van der Waals surface area contributed by atoms with Gasteiger partial charge in [-0.05, 0) is 36.5 Å². The molecule has 1 aromatic rings. The summed E-state index contributed by atoms with van der Waals surface area (Å²) in [5.41, 5.74) is 13.2. The topological polar surface area (TPSA) is 69.1 Å². The number of carbonyl (C=O) groups is 1. The molecule has 0 saturated heterocycles. The Kier molecular flexibility index (Phi) is 3.06. The quantitative estimate of drug-likeness (QED) is 0.778. The Morgan fingerprint density at radius 2 is 1.94 bits per heavy atom. The van der Waals surface area contributed by atoms with Crippen LogP contribution in [0.5, 0.6) is 0 Å². The summed E-state index contributed by atoms with van der Waals surface area (Å²) >= 11 is 6.02. The number of amides is 1. The lowest BCUT2D eigenvalue weighted by atomic mass is 9.91. The second-order valence-corrected chi connectivity index (χ2v) is 4.68. The van der Waals surface area contributed by atoms with Crippen LogP contribution < -0.4 is 11.5 Å². The van der Waals surface area contributed by atoms with Crippen LogP contribution in [0, 0.1) is 0 Å². The van der Waals surface area contributed by atoms with Crippen molar-refractivity contribution >= 4 is 23.2 Å². The molecule has 16 heavy (non-hydrogen) atoms. The van der Waals surface area contributed by atoms with Crippen LogP contribution in [0.15, 0.2) is 12.1 Å². The lowest BCUT2D eigenvalue weighted by molar-refractivity contribution is 0.0999. The molecule has 0 atom stereocenters. The molecule has 1 amide bonds. The Labute approximate surface area is 99.8 Å². The zero-order valence-corrected chi connectivity index (χ0v) is 9.76. The van der Waals surface area contributed by atoms with Gasteiger partial charge in [-0.3, -0.25) is 4.79 Å². The first-order chi connectivity index (χ1) is 7.61. The second-order valence-electron chi connectivity index (χ2n) is 4.27. The summed E-state index contributed by atoms with van der Waals surface area (Å²) in [7, 11) is 0. The maximum Gasteiger partial charge on any atom is 0.250 e. The SMILES string of the molecule is NC(=O)c1c(Cl)ccc(N)c1C1CCCC1. The molecule has 0 radical (unpaired) electrons. The van der Waals surface area contributed by atoms with Crippen molar-refractivity contribution in [2.45, 2.75) is 31.6 Å². The van der Waals surface area contributed by atoms with Gasteiger partial charge in [0.05, 0.1) is 10.6 Å². The van der Waals surface area contributed by atoms with Crippen molar-refractivity contribution in [1.29, 1.82) is 0 Å². The predicted octanol–water partition coefficient (Wildman–Crippen LogP) is 2.68. The van der Waals surface area contributed by atoms with E-state index in [1.807, 2.05) is 0 Å². The van der Waals surface area contributed by atoms with Crippen LogP contribution in [-0.4, -0.2) is 5.91 Å². The monoisotopic (exact) mass is 238 g/mol. The minimum atomic E-state index is -0.487. The molecule has 0 spiro atoms. The lowest BCUT2D eigenvalue weighted by Gasteiger charge is -2.17. The standard InChI is InChI=1S/C12H15ClN2O/c13-8-5-6-9(14)10(11(8)12(15)16)7-3-1-2-4-7/h5-7H,1-4,14H2,(H2,15,16). The van der Waals surface area contributed by atoms with E-state index in [-0.39, 0.29) is 0 Å². The average molecular weight is 239 g/mol. The maximum absolute atomic E-state index is 11.4. The molecular formula is C12H15ClN2O. The minimum Gasteiger partial charge on any atom is -0.398 e. The molecule has 1 aliphatic rings. The third-order valence-electron chi connectivity index (χ3n) is 3.24. The molecular weight excluding hydrogens is 224 g/mol. The van der Waals surface area contributed by atoms with Gasteiger partial charge in [0.2, 0.25) is 0 Å². The Morgan fingerprint density at radius 3 is 2.50 bits per heavy atom. The molecule has 1 saturated carbocycles. The summed E-state index contributed by atoms with van der Waals surface area (Å²) in [5, 5.41) is 0.406. The van der Waals surface area contributed by atoms with Gasteiger partial charge in [-0.15, -0.1) is 0 Å². The Bertz CT molecular complexity index is 425. The van der Waals surface area contributed by atoms with Crippen LogP contribution in [-0.2, 0) is 0 Å². The molecule has 1 fully saturated rings. The molecule has 0 aromatic heterocycles. The number of rotatable bonds is 2. The van der Waals surface area contributed by atoms with E-state index in [9.17, 15) is 4.79 Å². The first-order valence-electron chi connectivity index (χ1n) is 5.49. The first kappa shape index (κ1) is 11.3. The Balaban J connectivity index is 2.55. The van der Waals surface area contributed by atoms with Gasteiger partial charge in [0.1, 0.15) is 0 Å². The molecule has 0 unspecified atom stereocenters. The van der Waals surface area contributed by atoms with E-state index in [4.69, 9.17) is 23.1 Å². The first-order valence-corrected chi connectivity index (χ1v) is 5.86. The van der Waals surface area contributed by atoms with Gasteiger partial charge in [0.25, 0.3) is 5.91 Å². The third kappa shape index (κ3) is 1.87. The summed E-state index contributed by atoms with van der Waals surface area (Å²) < 4.78 is 0. The summed E-state index contributed by atoms with van der Waals surface area (Å²) in [6, 6.07) is 3.39. The van der Waals surface area contributed by atoms with Gasteiger partial charge in [0, 0.05) is 5.69 Å². The van der Waals surface area contributed by atoms with Gasteiger partial charge in [0.15, 0.2) is 0 Å². The van der Waals surface area contributed by atoms with Gasteiger partial charge >= 0.3 is 0 Å².